The molecule has 1 aliphatic heterocycles. The van der Waals surface area contributed by atoms with Crippen molar-refractivity contribution in [1.82, 2.24) is 5.32 Å². The van der Waals surface area contributed by atoms with Crippen LogP contribution in [0.4, 0.5) is 0 Å². The summed E-state index contributed by atoms with van der Waals surface area (Å²) in [7, 11) is 1.60. The van der Waals surface area contributed by atoms with Gasteiger partial charge in [0.1, 0.15) is 12.2 Å². The van der Waals surface area contributed by atoms with Crippen molar-refractivity contribution in [3.8, 4) is 0 Å². The minimum atomic E-state index is -0.607. The standard InChI is InChI=1S/C31H37NO6/c1-23(33)32-18-27-29(36-20-25-14-8-4-9-15-25)30(37-21-26-16-10-5-11-17-26)28(38-31(27)34-2)22-35-19-24-12-6-3-7-13-24/h3-17,27-31H,18-22H2,1-2H3,(H,32,33)/t27-,28-,29-,30-,31-/m1/s1. The maximum atomic E-state index is 11.8. The Hall–Kier alpha value is -3.07. The van der Waals surface area contributed by atoms with Crippen molar-refractivity contribution in [3.63, 3.8) is 0 Å². The van der Waals surface area contributed by atoms with Crippen molar-refractivity contribution in [2.24, 2.45) is 5.92 Å². The van der Waals surface area contributed by atoms with Crippen molar-refractivity contribution >= 4 is 5.91 Å². The molecule has 0 aliphatic carbocycles. The van der Waals surface area contributed by atoms with Crippen molar-refractivity contribution in [3.05, 3.63) is 108 Å². The molecule has 1 heterocycles. The Labute approximate surface area is 225 Å². The van der Waals surface area contributed by atoms with Crippen LogP contribution in [0, 0.1) is 5.92 Å². The molecule has 1 saturated heterocycles. The number of nitrogens with one attached hydrogen (secondary N) is 1. The SMILES string of the molecule is CO[C@@H]1O[C@H](COCc2ccccc2)[C@@H](OCc2ccccc2)[C@H](OCc2ccccc2)[C@H]1CNC(C)=O. The summed E-state index contributed by atoms with van der Waals surface area (Å²) < 4.78 is 31.3. The van der Waals surface area contributed by atoms with E-state index >= 15 is 0 Å². The molecule has 1 aliphatic rings. The van der Waals surface area contributed by atoms with Crippen LogP contribution >= 0.6 is 0 Å². The second-order valence-electron chi connectivity index (χ2n) is 9.40. The molecular formula is C31H37NO6. The summed E-state index contributed by atoms with van der Waals surface area (Å²) >= 11 is 0. The van der Waals surface area contributed by atoms with Gasteiger partial charge in [-0.25, -0.2) is 0 Å². The number of carbonyl (C=O) groups is 1. The van der Waals surface area contributed by atoms with Crippen molar-refractivity contribution in [1.29, 1.82) is 0 Å². The van der Waals surface area contributed by atoms with E-state index in [-0.39, 0.29) is 11.8 Å². The van der Waals surface area contributed by atoms with Crippen molar-refractivity contribution < 1.29 is 28.5 Å². The van der Waals surface area contributed by atoms with E-state index in [4.69, 9.17) is 23.7 Å². The lowest BCUT2D eigenvalue weighted by molar-refractivity contribution is -0.298. The second kappa shape index (κ2) is 14.8. The van der Waals surface area contributed by atoms with Crippen LogP contribution in [-0.4, -0.2) is 50.8 Å². The number of methoxy groups -OCH3 is 1. The molecule has 7 nitrogen and oxygen atoms in total. The van der Waals surface area contributed by atoms with Gasteiger partial charge in [0.2, 0.25) is 5.91 Å². The molecule has 202 valence electrons. The number of ether oxygens (including phenoxy) is 5. The zero-order valence-corrected chi connectivity index (χ0v) is 22.0. The van der Waals surface area contributed by atoms with Gasteiger partial charge in [0.15, 0.2) is 6.29 Å². The normalized spacial score (nSPS) is 23.2. The van der Waals surface area contributed by atoms with Gasteiger partial charge in [-0.3, -0.25) is 4.79 Å². The number of rotatable bonds is 13. The van der Waals surface area contributed by atoms with E-state index in [1.165, 1.54) is 6.92 Å². The number of benzene rings is 3. The average Bonchev–Trinajstić information content (AvgIpc) is 2.95. The molecule has 1 fully saturated rings. The molecule has 3 aromatic carbocycles. The first kappa shape index (κ1) is 28.0. The maximum absolute atomic E-state index is 11.8. The van der Waals surface area contributed by atoms with Crippen LogP contribution in [0.15, 0.2) is 91.0 Å². The predicted octanol–water partition coefficient (Wildman–Crippen LogP) is 4.50. The number of hydrogen-bond acceptors (Lipinski definition) is 6. The van der Waals surface area contributed by atoms with Crippen molar-refractivity contribution in [2.45, 2.75) is 51.3 Å². The maximum Gasteiger partial charge on any atom is 0.216 e. The number of amides is 1. The van der Waals surface area contributed by atoms with Crippen LogP contribution in [0.5, 0.6) is 0 Å². The quantitative estimate of drug-likeness (QED) is 0.359. The third-order valence-electron chi connectivity index (χ3n) is 6.55. The van der Waals surface area contributed by atoms with E-state index in [0.717, 1.165) is 16.7 Å². The summed E-state index contributed by atoms with van der Waals surface area (Å²) in [4.78, 5) is 11.8. The summed E-state index contributed by atoms with van der Waals surface area (Å²) in [5, 5.41) is 2.92. The molecule has 1 amide bonds. The fourth-order valence-corrected chi connectivity index (χ4v) is 4.62. The molecule has 1 N–H and O–H groups in total. The van der Waals surface area contributed by atoms with Crippen molar-refractivity contribution in [2.75, 3.05) is 20.3 Å². The van der Waals surface area contributed by atoms with Gasteiger partial charge < -0.3 is 29.0 Å². The summed E-state index contributed by atoms with van der Waals surface area (Å²) in [5.74, 6) is -0.421. The fourth-order valence-electron chi connectivity index (χ4n) is 4.62. The zero-order valence-electron chi connectivity index (χ0n) is 22.0. The Bertz CT molecular complexity index is 1080. The van der Waals surface area contributed by atoms with Crippen LogP contribution in [0.25, 0.3) is 0 Å². The Morgan fingerprint density at radius 1 is 0.763 bits per heavy atom. The van der Waals surface area contributed by atoms with Gasteiger partial charge in [0, 0.05) is 20.6 Å². The highest BCUT2D eigenvalue weighted by atomic mass is 16.7. The van der Waals surface area contributed by atoms with E-state index in [2.05, 4.69) is 5.32 Å². The lowest BCUT2D eigenvalue weighted by Gasteiger charge is -2.46. The van der Waals surface area contributed by atoms with Crippen LogP contribution < -0.4 is 5.32 Å². The molecule has 0 aromatic heterocycles. The fraction of sp³-hybridized carbons (Fsp3) is 0.387. The van der Waals surface area contributed by atoms with Gasteiger partial charge in [0.25, 0.3) is 0 Å². The third kappa shape index (κ3) is 8.21. The molecule has 0 radical (unpaired) electrons. The van der Waals surface area contributed by atoms with Gasteiger partial charge in [-0.05, 0) is 16.7 Å². The number of carbonyl (C=O) groups excluding carboxylic acids is 1. The molecule has 4 rings (SSSR count). The van der Waals surface area contributed by atoms with Crippen LogP contribution in [0.1, 0.15) is 23.6 Å². The van der Waals surface area contributed by atoms with Gasteiger partial charge >= 0.3 is 0 Å². The summed E-state index contributed by atoms with van der Waals surface area (Å²) in [5.41, 5.74) is 3.17. The highest BCUT2D eigenvalue weighted by Gasteiger charge is 2.47. The first-order valence-electron chi connectivity index (χ1n) is 13.0. The first-order valence-corrected chi connectivity index (χ1v) is 13.0. The Morgan fingerprint density at radius 3 is 1.76 bits per heavy atom. The molecule has 5 atom stereocenters. The highest BCUT2D eigenvalue weighted by Crippen LogP contribution is 2.32. The second-order valence-corrected chi connectivity index (χ2v) is 9.40. The predicted molar refractivity (Wildman–Crippen MR) is 144 cm³/mol. The lowest BCUT2D eigenvalue weighted by Crippen LogP contribution is -2.60. The van der Waals surface area contributed by atoms with Gasteiger partial charge in [-0.2, -0.15) is 0 Å². The van der Waals surface area contributed by atoms with E-state index in [1.807, 2.05) is 91.0 Å². The highest BCUT2D eigenvalue weighted by molar-refractivity contribution is 5.72. The summed E-state index contributed by atoms with van der Waals surface area (Å²) in [6.07, 6.45) is -1.93. The lowest BCUT2D eigenvalue weighted by atomic mass is 9.90. The van der Waals surface area contributed by atoms with Gasteiger partial charge in [-0.15, -0.1) is 0 Å². The smallest absolute Gasteiger partial charge is 0.216 e. The molecule has 38 heavy (non-hydrogen) atoms. The molecule has 0 bridgehead atoms. The topological polar surface area (TPSA) is 75.2 Å². The minimum Gasteiger partial charge on any atom is -0.374 e. The van der Waals surface area contributed by atoms with Crippen LogP contribution in [-0.2, 0) is 48.3 Å². The summed E-state index contributed by atoms with van der Waals surface area (Å²) in [6.45, 7) is 3.35. The van der Waals surface area contributed by atoms with E-state index < -0.39 is 24.6 Å². The minimum absolute atomic E-state index is 0.128. The number of hydrogen-bond donors (Lipinski definition) is 1. The monoisotopic (exact) mass is 519 g/mol. The Balaban J connectivity index is 1.56. The van der Waals surface area contributed by atoms with Crippen LogP contribution in [0.3, 0.4) is 0 Å². The van der Waals surface area contributed by atoms with Crippen LogP contribution in [0.2, 0.25) is 0 Å². The first-order chi connectivity index (χ1) is 18.6. The largest absolute Gasteiger partial charge is 0.374 e. The molecule has 0 unspecified atom stereocenters. The van der Waals surface area contributed by atoms with Gasteiger partial charge in [-0.1, -0.05) is 91.0 Å². The molecular weight excluding hydrogens is 482 g/mol. The third-order valence-corrected chi connectivity index (χ3v) is 6.55. The van der Waals surface area contributed by atoms with E-state index in [0.29, 0.717) is 33.0 Å². The molecule has 3 aromatic rings. The molecule has 0 saturated carbocycles. The Kier molecular flexibility index (Phi) is 10.9. The Morgan fingerprint density at radius 2 is 1.26 bits per heavy atom. The summed E-state index contributed by atoms with van der Waals surface area (Å²) in [6, 6.07) is 30.0. The molecule has 7 heteroatoms. The average molecular weight is 520 g/mol. The van der Waals surface area contributed by atoms with Gasteiger partial charge in [0.05, 0.1) is 38.4 Å². The molecule has 0 spiro atoms. The van der Waals surface area contributed by atoms with E-state index in [9.17, 15) is 4.79 Å². The zero-order chi connectivity index (χ0) is 26.6. The van der Waals surface area contributed by atoms with E-state index in [1.54, 1.807) is 7.11 Å².